The van der Waals surface area contributed by atoms with E-state index in [0.29, 0.717) is 12.6 Å². The van der Waals surface area contributed by atoms with E-state index >= 15 is 0 Å². The van der Waals surface area contributed by atoms with Gasteiger partial charge in [-0.2, -0.15) is 0 Å². The van der Waals surface area contributed by atoms with Crippen molar-refractivity contribution >= 4 is 5.97 Å². The Morgan fingerprint density at radius 1 is 1.75 bits per heavy atom. The summed E-state index contributed by atoms with van der Waals surface area (Å²) in [6.07, 6.45) is 6.71. The Balaban J connectivity index is 2.80. The van der Waals surface area contributed by atoms with Crippen molar-refractivity contribution in [3.05, 3.63) is 0 Å². The van der Waals surface area contributed by atoms with Gasteiger partial charge in [0.1, 0.15) is 5.54 Å². The molecule has 1 heterocycles. The number of nitrogens with zero attached hydrogens (tertiary/aromatic N) is 1. The van der Waals surface area contributed by atoms with Gasteiger partial charge in [0.25, 0.3) is 0 Å². The number of rotatable bonds is 3. The van der Waals surface area contributed by atoms with Gasteiger partial charge in [-0.25, -0.2) is 0 Å². The Hall–Kier alpha value is -1.05. The van der Waals surface area contributed by atoms with Gasteiger partial charge >= 0.3 is 5.97 Å². The molecule has 0 aromatic carbocycles. The second-order valence-corrected chi connectivity index (χ2v) is 4.42. The van der Waals surface area contributed by atoms with Gasteiger partial charge in [0.2, 0.25) is 0 Å². The summed E-state index contributed by atoms with van der Waals surface area (Å²) in [5, 5.41) is 3.15. The molecule has 2 atom stereocenters. The van der Waals surface area contributed by atoms with Crippen molar-refractivity contribution in [3.63, 3.8) is 0 Å². The van der Waals surface area contributed by atoms with Gasteiger partial charge in [-0.1, -0.05) is 5.92 Å². The summed E-state index contributed by atoms with van der Waals surface area (Å²) >= 11 is 0. The second kappa shape index (κ2) is 5.33. The van der Waals surface area contributed by atoms with Crippen LogP contribution in [0.3, 0.4) is 0 Å². The van der Waals surface area contributed by atoms with E-state index in [1.807, 2.05) is 0 Å². The lowest BCUT2D eigenvalue weighted by atomic mass is 9.83. The monoisotopic (exact) mass is 224 g/mol. The third-order valence-electron chi connectivity index (χ3n) is 3.39. The number of methoxy groups -OCH3 is 1. The van der Waals surface area contributed by atoms with E-state index in [0.717, 1.165) is 19.4 Å². The fraction of sp³-hybridized carbons (Fsp3) is 0.750. The van der Waals surface area contributed by atoms with Gasteiger partial charge in [0.15, 0.2) is 0 Å². The largest absolute Gasteiger partial charge is 0.468 e. The molecule has 0 radical (unpaired) electrons. The first-order valence-corrected chi connectivity index (χ1v) is 5.53. The minimum atomic E-state index is -0.604. The van der Waals surface area contributed by atoms with E-state index in [9.17, 15) is 4.79 Å². The molecule has 1 fully saturated rings. The molecule has 0 aliphatic carbocycles. The molecule has 0 spiro atoms. The van der Waals surface area contributed by atoms with E-state index in [-0.39, 0.29) is 5.97 Å². The minimum absolute atomic E-state index is 0.206. The summed E-state index contributed by atoms with van der Waals surface area (Å²) in [6.45, 7) is 3.37. The zero-order valence-electron chi connectivity index (χ0n) is 10.2. The van der Waals surface area contributed by atoms with Crippen LogP contribution in [0.25, 0.3) is 0 Å². The Morgan fingerprint density at radius 3 is 2.94 bits per heavy atom. The zero-order chi connectivity index (χ0) is 12.2. The third kappa shape index (κ3) is 2.55. The van der Waals surface area contributed by atoms with Crippen molar-refractivity contribution in [2.75, 3.05) is 27.2 Å². The highest BCUT2D eigenvalue weighted by Crippen LogP contribution is 2.27. The lowest BCUT2D eigenvalue weighted by molar-refractivity contribution is -0.151. The van der Waals surface area contributed by atoms with Crippen LogP contribution < -0.4 is 5.32 Å². The SMILES string of the molecule is C#CCNC1(C(=O)OC)CCN(C)C(C)C1. The van der Waals surface area contributed by atoms with Crippen LogP contribution in [0.1, 0.15) is 19.8 Å². The molecule has 90 valence electrons. The molecular formula is C12H20N2O2. The van der Waals surface area contributed by atoms with Gasteiger partial charge < -0.3 is 9.64 Å². The predicted octanol–water partition coefficient (Wildman–Crippen LogP) is 0.235. The predicted molar refractivity (Wildman–Crippen MR) is 62.9 cm³/mol. The highest BCUT2D eigenvalue weighted by molar-refractivity contribution is 5.81. The van der Waals surface area contributed by atoms with Crippen molar-refractivity contribution < 1.29 is 9.53 Å². The number of hydrogen-bond donors (Lipinski definition) is 1. The lowest BCUT2D eigenvalue weighted by Gasteiger charge is -2.42. The van der Waals surface area contributed by atoms with Gasteiger partial charge in [-0.15, -0.1) is 6.42 Å². The number of piperidine rings is 1. The second-order valence-electron chi connectivity index (χ2n) is 4.42. The molecule has 2 unspecified atom stereocenters. The third-order valence-corrected chi connectivity index (χ3v) is 3.39. The maximum Gasteiger partial charge on any atom is 0.326 e. The normalized spacial score (nSPS) is 30.8. The van der Waals surface area contributed by atoms with Crippen LogP contribution in [-0.4, -0.2) is 49.7 Å². The van der Waals surface area contributed by atoms with E-state index < -0.39 is 5.54 Å². The molecule has 0 saturated carbocycles. The number of hydrogen-bond acceptors (Lipinski definition) is 4. The van der Waals surface area contributed by atoms with E-state index in [1.54, 1.807) is 0 Å². The summed E-state index contributed by atoms with van der Waals surface area (Å²) in [6, 6.07) is 0.345. The molecule has 1 saturated heterocycles. The summed E-state index contributed by atoms with van der Waals surface area (Å²) in [5.74, 6) is 2.31. The van der Waals surface area contributed by atoms with Crippen LogP contribution in [0, 0.1) is 12.3 Å². The van der Waals surface area contributed by atoms with Crippen molar-refractivity contribution in [1.82, 2.24) is 10.2 Å². The number of nitrogens with one attached hydrogen (secondary N) is 1. The average Bonchev–Trinajstić information content (AvgIpc) is 2.30. The van der Waals surface area contributed by atoms with Crippen molar-refractivity contribution in [3.8, 4) is 12.3 Å². The summed E-state index contributed by atoms with van der Waals surface area (Å²) < 4.78 is 4.89. The molecule has 1 N–H and O–H groups in total. The zero-order valence-corrected chi connectivity index (χ0v) is 10.2. The van der Waals surface area contributed by atoms with Crippen molar-refractivity contribution in [2.24, 2.45) is 0 Å². The molecule has 4 nitrogen and oxygen atoms in total. The van der Waals surface area contributed by atoms with Gasteiger partial charge in [0.05, 0.1) is 13.7 Å². The highest BCUT2D eigenvalue weighted by Gasteiger charge is 2.43. The molecule has 0 aromatic rings. The van der Waals surface area contributed by atoms with Crippen molar-refractivity contribution in [1.29, 1.82) is 0 Å². The number of likely N-dealkylation sites (tertiary alicyclic amines) is 1. The smallest absolute Gasteiger partial charge is 0.326 e. The van der Waals surface area contributed by atoms with Crippen LogP contribution in [0.2, 0.25) is 0 Å². The average molecular weight is 224 g/mol. The molecule has 16 heavy (non-hydrogen) atoms. The molecule has 1 aliphatic rings. The highest BCUT2D eigenvalue weighted by atomic mass is 16.5. The summed E-state index contributed by atoms with van der Waals surface area (Å²) in [5.41, 5.74) is -0.604. The number of ether oxygens (including phenoxy) is 1. The van der Waals surface area contributed by atoms with Crippen LogP contribution in [0.5, 0.6) is 0 Å². The van der Waals surface area contributed by atoms with Crippen LogP contribution in [0.15, 0.2) is 0 Å². The lowest BCUT2D eigenvalue weighted by Crippen LogP contribution is -2.60. The number of carbonyl (C=O) groups is 1. The fourth-order valence-electron chi connectivity index (χ4n) is 2.18. The molecule has 0 amide bonds. The minimum Gasteiger partial charge on any atom is -0.468 e. The number of carbonyl (C=O) groups excluding carboxylic acids is 1. The van der Waals surface area contributed by atoms with Crippen LogP contribution in [0.4, 0.5) is 0 Å². The Bertz CT molecular complexity index is 298. The van der Waals surface area contributed by atoms with Gasteiger partial charge in [0, 0.05) is 12.6 Å². The first-order chi connectivity index (χ1) is 7.55. The van der Waals surface area contributed by atoms with E-state index in [4.69, 9.17) is 11.2 Å². The van der Waals surface area contributed by atoms with E-state index in [2.05, 4.69) is 30.1 Å². The Morgan fingerprint density at radius 2 is 2.44 bits per heavy atom. The first-order valence-electron chi connectivity index (χ1n) is 5.53. The summed E-state index contributed by atoms with van der Waals surface area (Å²) in [4.78, 5) is 14.1. The molecule has 1 aliphatic heterocycles. The molecule has 1 rings (SSSR count). The molecule has 4 heteroatoms. The maximum absolute atomic E-state index is 11.9. The molecule has 0 aromatic heterocycles. The van der Waals surface area contributed by atoms with Crippen LogP contribution >= 0.6 is 0 Å². The Labute approximate surface area is 97.3 Å². The topological polar surface area (TPSA) is 41.6 Å². The number of esters is 1. The summed E-state index contributed by atoms with van der Waals surface area (Å²) in [7, 11) is 3.48. The van der Waals surface area contributed by atoms with Crippen LogP contribution in [-0.2, 0) is 9.53 Å². The standard InChI is InChI=1S/C12H20N2O2/c1-5-7-13-12(11(15)16-4)6-8-14(3)10(2)9-12/h1,10,13H,6-9H2,2-4H3. The van der Waals surface area contributed by atoms with E-state index in [1.165, 1.54) is 7.11 Å². The first kappa shape index (κ1) is 13.0. The maximum atomic E-state index is 11.9. The Kier molecular flexibility index (Phi) is 4.34. The molecule has 0 bridgehead atoms. The van der Waals surface area contributed by atoms with Gasteiger partial charge in [-0.05, 0) is 26.8 Å². The fourth-order valence-corrected chi connectivity index (χ4v) is 2.18. The van der Waals surface area contributed by atoms with Crippen molar-refractivity contribution in [2.45, 2.75) is 31.3 Å². The molecular weight excluding hydrogens is 204 g/mol. The number of terminal acetylenes is 1. The van der Waals surface area contributed by atoms with Gasteiger partial charge in [-0.3, -0.25) is 10.1 Å². The quantitative estimate of drug-likeness (QED) is 0.550.